The van der Waals surface area contributed by atoms with Crippen LogP contribution in [-0.4, -0.2) is 49.7 Å². The van der Waals surface area contributed by atoms with Crippen molar-refractivity contribution in [3.63, 3.8) is 0 Å². The lowest BCUT2D eigenvalue weighted by molar-refractivity contribution is -0.151. The smallest absolute Gasteiger partial charge is 0.310 e. The number of amides is 1. The second-order valence-electron chi connectivity index (χ2n) is 5.51. The van der Waals surface area contributed by atoms with Crippen molar-refractivity contribution in [3.05, 3.63) is 22.2 Å². The van der Waals surface area contributed by atoms with Gasteiger partial charge in [0.1, 0.15) is 13.2 Å². The van der Waals surface area contributed by atoms with Gasteiger partial charge in [-0.2, -0.15) is 0 Å². The van der Waals surface area contributed by atoms with Crippen molar-refractivity contribution in [3.8, 4) is 11.5 Å². The summed E-state index contributed by atoms with van der Waals surface area (Å²) >= 11 is 3.42. The van der Waals surface area contributed by atoms with Crippen molar-refractivity contribution in [2.45, 2.75) is 19.3 Å². The molecule has 1 aromatic carbocycles. The second kappa shape index (κ2) is 7.21. The number of carbonyl (C=O) groups is 2. The number of rotatable bonds is 4. The molecule has 0 spiro atoms. The van der Waals surface area contributed by atoms with E-state index in [9.17, 15) is 9.59 Å². The van der Waals surface area contributed by atoms with Gasteiger partial charge in [0.15, 0.2) is 18.1 Å². The average Bonchev–Trinajstić information content (AvgIpc) is 3.08. The second-order valence-corrected chi connectivity index (χ2v) is 6.37. The van der Waals surface area contributed by atoms with Gasteiger partial charge < -0.3 is 19.1 Å². The zero-order valence-corrected chi connectivity index (χ0v) is 14.3. The van der Waals surface area contributed by atoms with Gasteiger partial charge in [0.2, 0.25) is 0 Å². The molecule has 1 saturated heterocycles. The van der Waals surface area contributed by atoms with E-state index in [1.54, 1.807) is 17.0 Å². The van der Waals surface area contributed by atoms with Gasteiger partial charge in [-0.05, 0) is 30.5 Å². The summed E-state index contributed by atoms with van der Waals surface area (Å²) in [5, 5.41) is 0. The van der Waals surface area contributed by atoms with Gasteiger partial charge in [-0.25, -0.2) is 0 Å². The van der Waals surface area contributed by atoms with E-state index in [0.29, 0.717) is 24.7 Å². The third-order valence-electron chi connectivity index (χ3n) is 3.86. The fourth-order valence-electron chi connectivity index (χ4n) is 2.65. The molecule has 1 fully saturated rings. The molecule has 0 aromatic heterocycles. The van der Waals surface area contributed by atoms with Crippen LogP contribution in [0.25, 0.3) is 0 Å². The van der Waals surface area contributed by atoms with E-state index in [-0.39, 0.29) is 18.9 Å². The number of hydrogen-bond acceptors (Lipinski definition) is 5. The lowest BCUT2D eigenvalue weighted by atomic mass is 10.1. The van der Waals surface area contributed by atoms with Gasteiger partial charge in [0.25, 0.3) is 5.91 Å². The van der Waals surface area contributed by atoms with Crippen LogP contribution in [0.3, 0.4) is 0 Å². The van der Waals surface area contributed by atoms with E-state index in [1.165, 1.54) is 0 Å². The Morgan fingerprint density at radius 1 is 1.13 bits per heavy atom. The highest BCUT2D eigenvalue weighted by Gasteiger charge is 2.20. The van der Waals surface area contributed by atoms with Crippen LogP contribution in [0.2, 0.25) is 0 Å². The number of likely N-dealkylation sites (tertiary alicyclic amines) is 1. The molecule has 0 radical (unpaired) electrons. The lowest BCUT2D eigenvalue weighted by Gasteiger charge is -2.20. The molecular weight excluding hydrogens is 366 g/mol. The predicted octanol–water partition coefficient (Wildman–Crippen LogP) is 1.93. The van der Waals surface area contributed by atoms with E-state index >= 15 is 0 Å². The summed E-state index contributed by atoms with van der Waals surface area (Å²) < 4.78 is 16.8. The molecule has 1 aromatic rings. The molecule has 23 heavy (non-hydrogen) atoms. The van der Waals surface area contributed by atoms with E-state index in [4.69, 9.17) is 14.2 Å². The molecular formula is C16H18BrNO5. The third-order valence-corrected chi connectivity index (χ3v) is 4.60. The number of nitrogens with zero attached hydrogens (tertiary/aromatic N) is 1. The number of carbonyl (C=O) groups excluding carboxylic acids is 2. The van der Waals surface area contributed by atoms with Crippen LogP contribution in [0.1, 0.15) is 18.4 Å². The summed E-state index contributed by atoms with van der Waals surface area (Å²) in [7, 11) is 0. The van der Waals surface area contributed by atoms with Crippen molar-refractivity contribution >= 4 is 27.8 Å². The Balaban J connectivity index is 1.56. The SMILES string of the molecule is O=C(Cc1cc2c(cc1Br)OCCO2)OCC(=O)N1CCCC1. The van der Waals surface area contributed by atoms with Crippen molar-refractivity contribution in [2.24, 2.45) is 0 Å². The molecule has 2 aliphatic rings. The number of benzene rings is 1. The van der Waals surface area contributed by atoms with Gasteiger partial charge >= 0.3 is 5.97 Å². The minimum absolute atomic E-state index is 0.0739. The Morgan fingerprint density at radius 3 is 2.48 bits per heavy atom. The van der Waals surface area contributed by atoms with Crippen LogP contribution in [0.4, 0.5) is 0 Å². The zero-order chi connectivity index (χ0) is 16.2. The Hall–Kier alpha value is -1.76. The number of fused-ring (bicyclic) bond motifs is 1. The fourth-order valence-corrected chi connectivity index (χ4v) is 3.11. The molecule has 2 aliphatic heterocycles. The Kier molecular flexibility index (Phi) is 5.05. The topological polar surface area (TPSA) is 65.1 Å². The van der Waals surface area contributed by atoms with Gasteiger partial charge in [-0.1, -0.05) is 15.9 Å². The first-order chi connectivity index (χ1) is 11.1. The van der Waals surface area contributed by atoms with Crippen molar-refractivity contribution < 1.29 is 23.8 Å². The van der Waals surface area contributed by atoms with E-state index in [0.717, 1.165) is 36.0 Å². The maximum absolute atomic E-state index is 12.0. The summed E-state index contributed by atoms with van der Waals surface area (Å²) in [6.45, 7) is 2.32. The quantitative estimate of drug-likeness (QED) is 0.743. The van der Waals surface area contributed by atoms with Crippen LogP contribution in [0.5, 0.6) is 11.5 Å². The Morgan fingerprint density at radius 2 is 1.78 bits per heavy atom. The summed E-state index contributed by atoms with van der Waals surface area (Å²) in [4.78, 5) is 25.6. The minimum atomic E-state index is -0.435. The molecule has 0 aliphatic carbocycles. The maximum atomic E-state index is 12.0. The van der Waals surface area contributed by atoms with Crippen LogP contribution >= 0.6 is 15.9 Å². The van der Waals surface area contributed by atoms with Crippen molar-refractivity contribution in [2.75, 3.05) is 32.9 Å². The summed E-state index contributed by atoms with van der Waals surface area (Å²) in [5.74, 6) is 0.715. The standard InChI is InChI=1S/C16H18BrNO5/c17-12-9-14-13(21-5-6-22-14)7-11(12)8-16(20)23-10-15(19)18-3-1-2-4-18/h7,9H,1-6,8,10H2. The van der Waals surface area contributed by atoms with Gasteiger partial charge in [-0.3, -0.25) is 9.59 Å². The number of hydrogen-bond donors (Lipinski definition) is 0. The highest BCUT2D eigenvalue weighted by molar-refractivity contribution is 9.10. The highest BCUT2D eigenvalue weighted by Crippen LogP contribution is 2.35. The van der Waals surface area contributed by atoms with Gasteiger partial charge in [0, 0.05) is 17.6 Å². The van der Waals surface area contributed by atoms with E-state index in [2.05, 4.69) is 15.9 Å². The molecule has 0 atom stereocenters. The van der Waals surface area contributed by atoms with Crippen molar-refractivity contribution in [1.82, 2.24) is 4.90 Å². The number of esters is 1. The Bertz CT molecular complexity index is 613. The molecule has 3 rings (SSSR count). The van der Waals surface area contributed by atoms with Gasteiger partial charge in [0.05, 0.1) is 6.42 Å². The van der Waals surface area contributed by atoms with Crippen molar-refractivity contribution in [1.29, 1.82) is 0 Å². The summed E-state index contributed by atoms with van der Waals surface area (Å²) in [6.07, 6.45) is 2.11. The average molecular weight is 384 g/mol. The molecule has 7 heteroatoms. The largest absolute Gasteiger partial charge is 0.486 e. The summed E-state index contributed by atoms with van der Waals surface area (Å²) in [5.41, 5.74) is 0.743. The first-order valence-corrected chi connectivity index (χ1v) is 8.44. The van der Waals surface area contributed by atoms with Gasteiger partial charge in [-0.15, -0.1) is 0 Å². The predicted molar refractivity (Wildman–Crippen MR) is 85.6 cm³/mol. The monoisotopic (exact) mass is 383 g/mol. The normalized spacial score (nSPS) is 16.3. The molecule has 1 amide bonds. The molecule has 124 valence electrons. The zero-order valence-electron chi connectivity index (χ0n) is 12.7. The highest BCUT2D eigenvalue weighted by atomic mass is 79.9. The summed E-state index contributed by atoms with van der Waals surface area (Å²) in [6, 6.07) is 3.55. The number of halogens is 1. The first kappa shape index (κ1) is 16.1. The molecule has 0 bridgehead atoms. The Labute approximate surface area is 142 Å². The van der Waals surface area contributed by atoms with E-state index < -0.39 is 5.97 Å². The third kappa shape index (κ3) is 3.96. The van der Waals surface area contributed by atoms with Crippen LogP contribution in [-0.2, 0) is 20.7 Å². The first-order valence-electron chi connectivity index (χ1n) is 7.65. The van der Waals surface area contributed by atoms with E-state index in [1.807, 2.05) is 0 Å². The number of ether oxygens (including phenoxy) is 3. The molecule has 0 unspecified atom stereocenters. The molecule has 0 N–H and O–H groups in total. The van der Waals surface area contributed by atoms with Crippen LogP contribution < -0.4 is 9.47 Å². The minimum Gasteiger partial charge on any atom is -0.486 e. The van der Waals surface area contributed by atoms with Crippen LogP contribution in [0, 0.1) is 0 Å². The molecule has 6 nitrogen and oxygen atoms in total. The fraction of sp³-hybridized carbons (Fsp3) is 0.500. The van der Waals surface area contributed by atoms with Crippen LogP contribution in [0.15, 0.2) is 16.6 Å². The molecule has 2 heterocycles. The molecule has 0 saturated carbocycles. The maximum Gasteiger partial charge on any atom is 0.310 e. The lowest BCUT2D eigenvalue weighted by Crippen LogP contribution is -2.32.